The highest BCUT2D eigenvalue weighted by Crippen LogP contribution is 2.34. The van der Waals surface area contributed by atoms with Crippen LogP contribution in [0.25, 0.3) is 0 Å². The molecule has 296 valence electrons. The van der Waals surface area contributed by atoms with Gasteiger partial charge in [0.25, 0.3) is 0 Å². The number of carbonyl (C=O) groups is 2. The van der Waals surface area contributed by atoms with Crippen molar-refractivity contribution in [1.82, 2.24) is 10.6 Å². The van der Waals surface area contributed by atoms with Gasteiger partial charge in [-0.15, -0.1) is 0 Å². The minimum Gasteiger partial charge on any atom is -0.394 e. The normalized spacial score (nSPS) is 47.8. The first-order valence-electron chi connectivity index (χ1n) is 16.1. The van der Waals surface area contributed by atoms with Gasteiger partial charge in [-0.25, -0.2) is 0 Å². The molecule has 0 aromatic carbocycles. The van der Waals surface area contributed by atoms with Crippen molar-refractivity contribution in [3.63, 3.8) is 0 Å². The van der Waals surface area contributed by atoms with E-state index in [2.05, 4.69) is 10.6 Å². The van der Waals surface area contributed by atoms with Crippen molar-refractivity contribution < 1.29 is 104 Å². The lowest BCUT2D eigenvalue weighted by atomic mass is 9.94. The molecule has 4 aliphatic heterocycles. The number of nitrogens with one attached hydrogen (secondary N) is 2. The van der Waals surface area contributed by atoms with Crippen molar-refractivity contribution in [3.05, 3.63) is 0 Å². The highest BCUT2D eigenvalue weighted by Gasteiger charge is 2.55. The van der Waals surface area contributed by atoms with Gasteiger partial charge < -0.3 is 105 Å². The van der Waals surface area contributed by atoms with E-state index in [9.17, 15) is 70.9 Å². The van der Waals surface area contributed by atoms with Crippen molar-refractivity contribution >= 4 is 11.8 Å². The summed E-state index contributed by atoms with van der Waals surface area (Å²) < 4.78 is 39.1. The number of hydrogen-bond donors (Lipinski definition) is 14. The van der Waals surface area contributed by atoms with Gasteiger partial charge in [-0.2, -0.15) is 0 Å². The maximum absolute atomic E-state index is 12.2. The van der Waals surface area contributed by atoms with E-state index in [0.29, 0.717) is 0 Å². The molecular weight excluding hydrogens is 700 g/mol. The highest BCUT2D eigenvalue weighted by molar-refractivity contribution is 5.73. The van der Waals surface area contributed by atoms with Crippen LogP contribution < -0.4 is 10.6 Å². The van der Waals surface area contributed by atoms with Crippen LogP contribution in [0.2, 0.25) is 0 Å². The van der Waals surface area contributed by atoms with Crippen LogP contribution in [0.15, 0.2) is 0 Å². The van der Waals surface area contributed by atoms with E-state index in [1.165, 1.54) is 0 Å². The molecule has 4 heterocycles. The number of ether oxygens (including phenoxy) is 7. The molecule has 0 bridgehead atoms. The van der Waals surface area contributed by atoms with Gasteiger partial charge in [0.1, 0.15) is 97.5 Å². The monoisotopic (exact) mass is 748 g/mol. The molecule has 14 N–H and O–H groups in total. The summed E-state index contributed by atoms with van der Waals surface area (Å²) >= 11 is 0. The zero-order chi connectivity index (χ0) is 37.9. The molecule has 4 rings (SSSR count). The van der Waals surface area contributed by atoms with E-state index in [1.54, 1.807) is 0 Å². The van der Waals surface area contributed by atoms with Gasteiger partial charge in [0.15, 0.2) is 25.2 Å². The van der Waals surface area contributed by atoms with Crippen LogP contribution in [0.1, 0.15) is 13.8 Å². The Kier molecular flexibility index (Phi) is 14.8. The van der Waals surface area contributed by atoms with Crippen LogP contribution in [0.5, 0.6) is 0 Å². The Balaban J connectivity index is 1.52. The molecule has 2 amide bonds. The molecular formula is C28H48N2O21. The fourth-order valence-electron chi connectivity index (χ4n) is 6.36. The van der Waals surface area contributed by atoms with Crippen molar-refractivity contribution in [3.8, 4) is 0 Å². The Morgan fingerprint density at radius 1 is 0.471 bits per heavy atom. The fourth-order valence-corrected chi connectivity index (χ4v) is 6.36. The third-order valence-electron chi connectivity index (χ3n) is 9.01. The average Bonchev–Trinajstić information content (AvgIpc) is 3.09. The second-order valence-electron chi connectivity index (χ2n) is 12.6. The van der Waals surface area contributed by atoms with Gasteiger partial charge in [0.05, 0.1) is 26.4 Å². The summed E-state index contributed by atoms with van der Waals surface area (Å²) in [6, 6.07) is -3.02. The highest BCUT2D eigenvalue weighted by atomic mass is 16.8. The summed E-state index contributed by atoms with van der Waals surface area (Å²) in [7, 11) is 0. The average molecular weight is 749 g/mol. The maximum Gasteiger partial charge on any atom is 0.217 e. The summed E-state index contributed by atoms with van der Waals surface area (Å²) in [5, 5.41) is 129. The molecule has 0 aromatic rings. The molecule has 0 spiro atoms. The number of carbonyl (C=O) groups excluding carboxylic acids is 2. The largest absolute Gasteiger partial charge is 0.394 e. The van der Waals surface area contributed by atoms with Crippen molar-refractivity contribution in [2.45, 2.75) is 137 Å². The van der Waals surface area contributed by atoms with Gasteiger partial charge in [-0.05, 0) is 0 Å². The van der Waals surface area contributed by atoms with Gasteiger partial charge in [0.2, 0.25) is 11.8 Å². The lowest BCUT2D eigenvalue weighted by Crippen LogP contribution is -2.70. The fraction of sp³-hybridized carbons (Fsp3) is 0.929. The van der Waals surface area contributed by atoms with Crippen molar-refractivity contribution in [2.75, 3.05) is 26.4 Å². The van der Waals surface area contributed by atoms with E-state index < -0.39 is 161 Å². The number of aliphatic hydroxyl groups excluding tert-OH is 12. The van der Waals surface area contributed by atoms with E-state index in [-0.39, 0.29) is 0 Å². The zero-order valence-corrected chi connectivity index (χ0v) is 27.4. The Morgan fingerprint density at radius 3 is 1.33 bits per heavy atom. The van der Waals surface area contributed by atoms with Crippen molar-refractivity contribution in [1.29, 1.82) is 0 Å². The predicted molar refractivity (Wildman–Crippen MR) is 157 cm³/mol. The number of hydrogen-bond acceptors (Lipinski definition) is 21. The summed E-state index contributed by atoms with van der Waals surface area (Å²) in [5.41, 5.74) is 0. The van der Waals surface area contributed by atoms with E-state index in [0.717, 1.165) is 13.8 Å². The number of aliphatic hydroxyl groups is 12. The SMILES string of the molecule is CC(=O)N[C@@H]1[C@@H](O)[C@H](O[C@@H]2O[C@H](CO)[C@@H](O[C@H]3O[C@H](CO)[C@@H](O[C@H]4O[C@H](CO)[C@@H](O)[C@H](O)[C@@H]4O)[C@H](O)[C@@H]3O)[C@H](O)[C@H]2NC(C)=O)[C@@H](CO)O[C@@H]1O. The summed E-state index contributed by atoms with van der Waals surface area (Å²) in [5.74, 6) is -1.39. The van der Waals surface area contributed by atoms with E-state index in [4.69, 9.17) is 33.2 Å². The standard InChI is InChI=1S/C28H48N2O21/c1-7(35)29-13-16(38)22(10(4-32)45-25(13)44)49-26-14(30-8(2)36)17(39)23(11(5-33)47-26)50-28-21(43)19(41)24(12(6-34)48-28)51-27-20(42)18(40)15(37)9(3-31)46-27/h9-28,31-34,37-44H,3-6H2,1-2H3,(H,29,35)(H,30,36)/t9-,10-,11-,12-,13-,14-,15-,16-,17-,18+,19-,20+,21+,22-,23-,24-,25+,26+,27-,28-/m1/s1. The molecule has 20 atom stereocenters. The molecule has 4 saturated heterocycles. The van der Waals surface area contributed by atoms with E-state index in [1.807, 2.05) is 0 Å². The van der Waals surface area contributed by atoms with Crippen LogP contribution in [0.4, 0.5) is 0 Å². The van der Waals surface area contributed by atoms with Crippen molar-refractivity contribution in [2.24, 2.45) is 0 Å². The van der Waals surface area contributed by atoms with Gasteiger partial charge in [0, 0.05) is 13.8 Å². The molecule has 23 nitrogen and oxygen atoms in total. The zero-order valence-electron chi connectivity index (χ0n) is 27.4. The second kappa shape index (κ2) is 18.0. The predicted octanol–water partition coefficient (Wildman–Crippen LogP) is -9.46. The number of rotatable bonds is 12. The molecule has 4 aliphatic rings. The van der Waals surface area contributed by atoms with Gasteiger partial charge in [-0.1, -0.05) is 0 Å². The van der Waals surface area contributed by atoms with Crippen LogP contribution in [-0.4, -0.2) is 222 Å². The quantitative estimate of drug-likeness (QED) is 0.0881. The first kappa shape index (κ1) is 41.9. The molecule has 0 radical (unpaired) electrons. The Bertz CT molecular complexity index is 1140. The summed E-state index contributed by atoms with van der Waals surface area (Å²) in [6.45, 7) is -1.25. The van der Waals surface area contributed by atoms with Gasteiger partial charge in [-0.3, -0.25) is 9.59 Å². The minimum absolute atomic E-state index is 0.656. The molecule has 0 aromatic heterocycles. The molecule has 0 saturated carbocycles. The van der Waals surface area contributed by atoms with Crippen LogP contribution in [0.3, 0.4) is 0 Å². The first-order valence-corrected chi connectivity index (χ1v) is 16.1. The van der Waals surface area contributed by atoms with Crippen LogP contribution in [-0.2, 0) is 42.7 Å². The van der Waals surface area contributed by atoms with Crippen LogP contribution >= 0.6 is 0 Å². The van der Waals surface area contributed by atoms with Gasteiger partial charge >= 0.3 is 0 Å². The van der Waals surface area contributed by atoms with E-state index >= 15 is 0 Å². The summed E-state index contributed by atoms with van der Waals surface area (Å²) in [4.78, 5) is 23.9. The molecule has 0 aliphatic carbocycles. The van der Waals surface area contributed by atoms with Crippen LogP contribution in [0, 0.1) is 0 Å². The Labute approximate surface area is 289 Å². The molecule has 4 fully saturated rings. The summed E-state index contributed by atoms with van der Waals surface area (Å²) in [6.07, 6.45) is -31.1. The minimum atomic E-state index is -2.04. The molecule has 23 heteroatoms. The topological polar surface area (TPSA) is 366 Å². The second-order valence-corrected chi connectivity index (χ2v) is 12.6. The lowest BCUT2D eigenvalue weighted by molar-refractivity contribution is -0.378. The maximum atomic E-state index is 12.2. The Hall–Kier alpha value is -1.82. The number of amides is 2. The lowest BCUT2D eigenvalue weighted by Gasteiger charge is -2.50. The first-order chi connectivity index (χ1) is 24.1. The Morgan fingerprint density at radius 2 is 0.843 bits per heavy atom. The molecule has 0 unspecified atom stereocenters. The molecule has 51 heavy (non-hydrogen) atoms. The smallest absolute Gasteiger partial charge is 0.217 e. The third-order valence-corrected chi connectivity index (χ3v) is 9.01. The third kappa shape index (κ3) is 9.11.